The van der Waals surface area contributed by atoms with Gasteiger partial charge in [-0.05, 0) is 25.5 Å². The van der Waals surface area contributed by atoms with Crippen LogP contribution in [0.25, 0.3) is 0 Å². The summed E-state index contributed by atoms with van der Waals surface area (Å²) in [4.78, 5) is 13.5. The van der Waals surface area contributed by atoms with Crippen molar-refractivity contribution in [1.82, 2.24) is 10.2 Å². The Morgan fingerprint density at radius 1 is 1.60 bits per heavy atom. The van der Waals surface area contributed by atoms with Crippen LogP contribution in [-0.2, 0) is 4.79 Å². The van der Waals surface area contributed by atoms with Crippen molar-refractivity contribution in [1.29, 1.82) is 0 Å². The Kier molecular flexibility index (Phi) is 5.16. The largest absolute Gasteiger partial charge is 0.341 e. The predicted octanol–water partition coefficient (Wildman–Crippen LogP) is 3.25. The van der Waals surface area contributed by atoms with Crippen LogP contribution in [-0.4, -0.2) is 29.9 Å². The molecule has 1 aliphatic rings. The van der Waals surface area contributed by atoms with Crippen LogP contribution in [0.3, 0.4) is 0 Å². The van der Waals surface area contributed by atoms with Gasteiger partial charge in [-0.25, -0.2) is 4.39 Å². The number of hydrogen-bond donors (Lipinski definition) is 1. The van der Waals surface area contributed by atoms with Gasteiger partial charge in [-0.15, -0.1) is 0 Å². The van der Waals surface area contributed by atoms with E-state index in [1.807, 2.05) is 24.8 Å². The average molecular weight is 343 g/mol. The normalized spacial score (nSPS) is 20.2. The number of carbonyl (C=O) groups excluding carboxylic acids is 1. The van der Waals surface area contributed by atoms with Crippen LogP contribution in [0.15, 0.2) is 22.7 Å². The minimum absolute atomic E-state index is 0.0650. The topological polar surface area (TPSA) is 32.3 Å². The van der Waals surface area contributed by atoms with Crippen LogP contribution in [0, 0.1) is 5.82 Å². The third-order valence-corrected chi connectivity index (χ3v) is 4.25. The summed E-state index contributed by atoms with van der Waals surface area (Å²) in [6, 6.07) is 5.29. The number of nitrogens with zero attached hydrogens (tertiary/aromatic N) is 1. The van der Waals surface area contributed by atoms with Crippen LogP contribution in [0.2, 0.25) is 0 Å². The van der Waals surface area contributed by atoms with E-state index >= 15 is 0 Å². The molecule has 3 nitrogen and oxygen atoms in total. The number of rotatable bonds is 4. The summed E-state index contributed by atoms with van der Waals surface area (Å²) < 4.78 is 14.6. The lowest BCUT2D eigenvalue weighted by Crippen LogP contribution is -2.36. The molecule has 0 aromatic heterocycles. The van der Waals surface area contributed by atoms with E-state index in [4.69, 9.17) is 0 Å². The summed E-state index contributed by atoms with van der Waals surface area (Å²) >= 11 is 3.26. The fourth-order valence-corrected chi connectivity index (χ4v) is 2.98. The van der Waals surface area contributed by atoms with Crippen LogP contribution < -0.4 is 5.32 Å². The number of benzene rings is 1. The minimum atomic E-state index is -0.209. The molecule has 0 spiro atoms. The van der Waals surface area contributed by atoms with Crippen LogP contribution in [0.1, 0.15) is 38.3 Å². The summed E-state index contributed by atoms with van der Waals surface area (Å²) in [6.07, 6.45) is 1.47. The highest BCUT2D eigenvalue weighted by atomic mass is 79.9. The molecular formula is C15H20BrFN2O. The zero-order valence-corrected chi connectivity index (χ0v) is 13.4. The highest BCUT2D eigenvalue weighted by molar-refractivity contribution is 9.10. The SMILES string of the molecule is CCC(=O)N1CC[C@@H](N[C@@H](C)c2ccc(Br)cc2F)C1. The van der Waals surface area contributed by atoms with Crippen molar-refractivity contribution in [2.75, 3.05) is 13.1 Å². The molecule has 2 atom stereocenters. The van der Waals surface area contributed by atoms with Crippen molar-refractivity contribution < 1.29 is 9.18 Å². The van der Waals surface area contributed by atoms with Crippen molar-refractivity contribution in [3.63, 3.8) is 0 Å². The molecule has 1 amide bonds. The second-order valence-electron chi connectivity index (χ2n) is 5.23. The van der Waals surface area contributed by atoms with Crippen molar-refractivity contribution in [2.45, 2.75) is 38.8 Å². The Bertz CT molecular complexity index is 495. The fourth-order valence-electron chi connectivity index (χ4n) is 2.64. The molecule has 0 saturated carbocycles. The number of halogens is 2. The molecule has 1 aliphatic heterocycles. The van der Waals surface area contributed by atoms with E-state index in [1.54, 1.807) is 6.07 Å². The van der Waals surface area contributed by atoms with Gasteiger partial charge in [-0.2, -0.15) is 0 Å². The first kappa shape index (κ1) is 15.4. The number of likely N-dealkylation sites (tertiary alicyclic amines) is 1. The average Bonchev–Trinajstić information content (AvgIpc) is 2.86. The van der Waals surface area contributed by atoms with E-state index in [-0.39, 0.29) is 23.8 Å². The molecular weight excluding hydrogens is 323 g/mol. The molecule has 1 N–H and O–H groups in total. The molecule has 1 aromatic rings. The zero-order valence-electron chi connectivity index (χ0n) is 11.8. The number of carbonyl (C=O) groups is 1. The van der Waals surface area contributed by atoms with Crippen molar-refractivity contribution >= 4 is 21.8 Å². The van der Waals surface area contributed by atoms with Crippen molar-refractivity contribution in [3.8, 4) is 0 Å². The van der Waals surface area contributed by atoms with Gasteiger partial charge in [0.1, 0.15) is 5.82 Å². The van der Waals surface area contributed by atoms with Gasteiger partial charge in [0.15, 0.2) is 0 Å². The first-order valence-corrected chi connectivity index (χ1v) is 7.79. The smallest absolute Gasteiger partial charge is 0.222 e. The molecule has 20 heavy (non-hydrogen) atoms. The predicted molar refractivity (Wildman–Crippen MR) is 80.9 cm³/mol. The second-order valence-corrected chi connectivity index (χ2v) is 6.15. The summed E-state index contributed by atoms with van der Waals surface area (Å²) in [5.41, 5.74) is 0.661. The maximum Gasteiger partial charge on any atom is 0.222 e. The Balaban J connectivity index is 1.95. The Hall–Kier alpha value is -0.940. The van der Waals surface area contributed by atoms with E-state index in [1.165, 1.54) is 6.07 Å². The standard InChI is InChI=1S/C15H20BrFN2O/c1-3-15(20)19-7-6-12(9-19)18-10(2)13-5-4-11(16)8-14(13)17/h4-5,8,10,12,18H,3,6-7,9H2,1-2H3/t10-,12+/m0/s1. The lowest BCUT2D eigenvalue weighted by Gasteiger charge is -2.21. The van der Waals surface area contributed by atoms with Gasteiger partial charge < -0.3 is 10.2 Å². The lowest BCUT2D eigenvalue weighted by atomic mass is 10.1. The molecule has 0 aliphatic carbocycles. The van der Waals surface area contributed by atoms with Gasteiger partial charge in [-0.3, -0.25) is 4.79 Å². The maximum absolute atomic E-state index is 13.9. The molecule has 0 bridgehead atoms. The third-order valence-electron chi connectivity index (χ3n) is 3.76. The van der Waals surface area contributed by atoms with Gasteiger partial charge in [0.25, 0.3) is 0 Å². The highest BCUT2D eigenvalue weighted by Crippen LogP contribution is 2.22. The first-order valence-electron chi connectivity index (χ1n) is 7.00. The first-order chi connectivity index (χ1) is 9.51. The molecule has 1 aromatic carbocycles. The van der Waals surface area contributed by atoms with Gasteiger partial charge in [-0.1, -0.05) is 28.9 Å². The monoisotopic (exact) mass is 342 g/mol. The highest BCUT2D eigenvalue weighted by Gasteiger charge is 2.26. The van der Waals surface area contributed by atoms with E-state index in [2.05, 4.69) is 21.2 Å². The molecule has 1 saturated heterocycles. The summed E-state index contributed by atoms with van der Waals surface area (Å²) in [5, 5.41) is 3.42. The van der Waals surface area contributed by atoms with E-state index < -0.39 is 0 Å². The van der Waals surface area contributed by atoms with Gasteiger partial charge in [0.2, 0.25) is 5.91 Å². The Morgan fingerprint density at radius 3 is 3.00 bits per heavy atom. The number of amides is 1. The minimum Gasteiger partial charge on any atom is -0.341 e. The van der Waals surface area contributed by atoms with Crippen LogP contribution in [0.5, 0.6) is 0 Å². The molecule has 110 valence electrons. The van der Waals surface area contributed by atoms with Crippen LogP contribution in [0.4, 0.5) is 4.39 Å². The molecule has 1 fully saturated rings. The lowest BCUT2D eigenvalue weighted by molar-refractivity contribution is -0.129. The molecule has 0 unspecified atom stereocenters. The van der Waals surface area contributed by atoms with E-state index in [0.29, 0.717) is 12.0 Å². The number of nitrogens with one attached hydrogen (secondary N) is 1. The van der Waals surface area contributed by atoms with Gasteiger partial charge in [0, 0.05) is 41.6 Å². The van der Waals surface area contributed by atoms with Gasteiger partial charge >= 0.3 is 0 Å². The quantitative estimate of drug-likeness (QED) is 0.910. The van der Waals surface area contributed by atoms with Crippen molar-refractivity contribution in [2.24, 2.45) is 0 Å². The Morgan fingerprint density at radius 2 is 2.35 bits per heavy atom. The number of hydrogen-bond acceptors (Lipinski definition) is 2. The van der Waals surface area contributed by atoms with Gasteiger partial charge in [0.05, 0.1) is 0 Å². The molecule has 0 radical (unpaired) electrons. The summed E-state index contributed by atoms with van der Waals surface area (Å²) in [6.45, 7) is 5.34. The summed E-state index contributed by atoms with van der Waals surface area (Å²) in [7, 11) is 0. The van der Waals surface area contributed by atoms with E-state index in [9.17, 15) is 9.18 Å². The third kappa shape index (κ3) is 3.58. The fraction of sp³-hybridized carbons (Fsp3) is 0.533. The molecule has 5 heteroatoms. The summed E-state index contributed by atoms with van der Waals surface area (Å²) in [5.74, 6) is -0.0179. The molecule has 2 rings (SSSR count). The van der Waals surface area contributed by atoms with E-state index in [0.717, 1.165) is 24.0 Å². The maximum atomic E-state index is 13.9. The zero-order chi connectivity index (χ0) is 14.7. The molecule has 1 heterocycles. The Labute approximate surface area is 127 Å². The van der Waals surface area contributed by atoms with Crippen molar-refractivity contribution in [3.05, 3.63) is 34.1 Å². The van der Waals surface area contributed by atoms with Crippen LogP contribution >= 0.6 is 15.9 Å². The second kappa shape index (κ2) is 6.68.